The normalized spacial score (nSPS) is 17.1. The Hall–Kier alpha value is -2.75. The third kappa shape index (κ3) is 6.68. The molecule has 1 heterocycles. The quantitative estimate of drug-likeness (QED) is 0.356. The van der Waals surface area contributed by atoms with Crippen LogP contribution in [0.3, 0.4) is 0 Å². The number of nitrogens with zero attached hydrogens (tertiary/aromatic N) is 3. The second-order valence-electron chi connectivity index (χ2n) is 8.86. The predicted molar refractivity (Wildman–Crippen MR) is 143 cm³/mol. The van der Waals surface area contributed by atoms with Crippen molar-refractivity contribution < 1.29 is 9.84 Å². The fourth-order valence-corrected chi connectivity index (χ4v) is 4.76. The highest BCUT2D eigenvalue weighted by atomic mass is 35.5. The minimum absolute atomic E-state index is 0.118. The second-order valence-corrected chi connectivity index (χ2v) is 9.71. The number of ether oxygens (including phenoxy) is 1. The van der Waals surface area contributed by atoms with Gasteiger partial charge in [0.25, 0.3) is 0 Å². The average molecular weight is 510 g/mol. The summed E-state index contributed by atoms with van der Waals surface area (Å²) < 4.78 is 5.63. The summed E-state index contributed by atoms with van der Waals surface area (Å²) in [6.45, 7) is 12.6. The van der Waals surface area contributed by atoms with Crippen molar-refractivity contribution in [3.8, 4) is 5.75 Å². The van der Waals surface area contributed by atoms with E-state index in [1.807, 2.05) is 54.6 Å². The van der Waals surface area contributed by atoms with E-state index in [4.69, 9.17) is 34.5 Å². The molecule has 182 valence electrons. The summed E-state index contributed by atoms with van der Waals surface area (Å²) in [6.07, 6.45) is 0.392. The van der Waals surface area contributed by atoms with Gasteiger partial charge in [0, 0.05) is 37.3 Å². The summed E-state index contributed by atoms with van der Waals surface area (Å²) in [5.41, 5.74) is 4.06. The fraction of sp³-hybridized carbons (Fsp3) is 0.321. The van der Waals surface area contributed by atoms with Crippen LogP contribution in [0.5, 0.6) is 5.75 Å². The fourth-order valence-electron chi connectivity index (χ4n) is 4.35. The van der Waals surface area contributed by atoms with Crippen LogP contribution in [-0.4, -0.2) is 48.9 Å². The summed E-state index contributed by atoms with van der Waals surface area (Å²) >= 11 is 12.9. The van der Waals surface area contributed by atoms with E-state index in [0.29, 0.717) is 21.5 Å². The van der Waals surface area contributed by atoms with Gasteiger partial charge in [0.2, 0.25) is 0 Å². The van der Waals surface area contributed by atoms with Crippen molar-refractivity contribution in [1.29, 1.82) is 0 Å². The average Bonchev–Trinajstić information content (AvgIpc) is 2.87. The van der Waals surface area contributed by atoms with Crippen molar-refractivity contribution in [3.63, 3.8) is 0 Å². The van der Waals surface area contributed by atoms with Gasteiger partial charge in [0.1, 0.15) is 12.4 Å². The highest BCUT2D eigenvalue weighted by molar-refractivity contribution is 6.33. The smallest absolute Gasteiger partial charge is 0.187 e. The van der Waals surface area contributed by atoms with Crippen LogP contribution >= 0.6 is 23.2 Å². The van der Waals surface area contributed by atoms with Crippen molar-refractivity contribution in [2.75, 3.05) is 37.7 Å². The number of hydrogen-bond acceptors (Lipinski definition) is 4. The summed E-state index contributed by atoms with van der Waals surface area (Å²) in [5.74, 6) is 0.644. The molecule has 7 heteroatoms. The van der Waals surface area contributed by atoms with Gasteiger partial charge in [-0.1, -0.05) is 59.6 Å². The zero-order valence-electron chi connectivity index (χ0n) is 19.7. The Labute approximate surface area is 217 Å². The largest absolute Gasteiger partial charge is 0.491 e. The standard InChI is InChI=1S/C28H29Cl2N3O2/c1-20(34)19-35-25-11-12-27(26(30)17-25)33-16-15-32(14-13-21-3-9-24(31-2)10-4-21)18-28(33)22-5-7-23(29)8-6-22/h3-12,17,20,28,34H,13-16,18-19H2,1H3/t20-,28-/m0/s1. The molecule has 35 heavy (non-hydrogen) atoms. The molecule has 0 unspecified atom stereocenters. The van der Waals surface area contributed by atoms with Crippen LogP contribution in [0.1, 0.15) is 24.1 Å². The number of rotatable bonds is 8. The molecular formula is C28H29Cl2N3O2. The number of anilines is 1. The van der Waals surface area contributed by atoms with E-state index in [0.717, 1.165) is 38.3 Å². The monoisotopic (exact) mass is 509 g/mol. The molecule has 0 aliphatic carbocycles. The molecule has 1 N–H and O–H groups in total. The topological polar surface area (TPSA) is 40.3 Å². The Bertz CT molecular complexity index is 1160. The van der Waals surface area contributed by atoms with Crippen LogP contribution in [0.15, 0.2) is 66.7 Å². The number of aliphatic hydroxyl groups excluding tert-OH is 1. The molecule has 5 nitrogen and oxygen atoms in total. The van der Waals surface area contributed by atoms with Gasteiger partial charge in [-0.05, 0) is 48.7 Å². The maximum atomic E-state index is 9.49. The third-order valence-corrected chi connectivity index (χ3v) is 6.78. The number of hydrogen-bond donors (Lipinski definition) is 1. The lowest BCUT2D eigenvalue weighted by atomic mass is 10.0. The molecule has 0 aromatic heterocycles. The highest BCUT2D eigenvalue weighted by Crippen LogP contribution is 2.37. The summed E-state index contributed by atoms with van der Waals surface area (Å²) in [7, 11) is 0. The number of aliphatic hydroxyl groups is 1. The molecule has 0 amide bonds. The van der Waals surface area contributed by atoms with E-state index in [1.165, 1.54) is 11.1 Å². The van der Waals surface area contributed by atoms with E-state index >= 15 is 0 Å². The SMILES string of the molecule is [C-]#[N+]c1ccc(CCN2CCN(c3ccc(OC[C@H](C)O)cc3Cl)[C@H](c3ccc(Cl)cc3)C2)cc1. The Kier molecular flexibility index (Phi) is 8.54. The lowest BCUT2D eigenvalue weighted by Crippen LogP contribution is -2.49. The second kappa shape index (κ2) is 11.8. The van der Waals surface area contributed by atoms with Crippen LogP contribution < -0.4 is 9.64 Å². The molecule has 0 saturated carbocycles. The van der Waals surface area contributed by atoms with Crippen molar-refractivity contribution in [1.82, 2.24) is 4.90 Å². The third-order valence-electron chi connectivity index (χ3n) is 6.22. The Morgan fingerprint density at radius 1 is 1.06 bits per heavy atom. The minimum Gasteiger partial charge on any atom is -0.491 e. The summed E-state index contributed by atoms with van der Waals surface area (Å²) in [5, 5.41) is 10.8. The first-order valence-corrected chi connectivity index (χ1v) is 12.5. The lowest BCUT2D eigenvalue weighted by Gasteiger charge is -2.43. The highest BCUT2D eigenvalue weighted by Gasteiger charge is 2.29. The molecule has 1 aliphatic heterocycles. The first-order valence-electron chi connectivity index (χ1n) is 11.7. The Morgan fingerprint density at radius 2 is 1.80 bits per heavy atom. The molecule has 3 aromatic rings. The maximum absolute atomic E-state index is 9.49. The molecule has 0 radical (unpaired) electrons. The molecule has 1 aliphatic rings. The van der Waals surface area contributed by atoms with Gasteiger partial charge >= 0.3 is 0 Å². The molecule has 0 spiro atoms. The maximum Gasteiger partial charge on any atom is 0.187 e. The first-order chi connectivity index (χ1) is 16.9. The van der Waals surface area contributed by atoms with Crippen LogP contribution in [0.4, 0.5) is 11.4 Å². The molecule has 1 saturated heterocycles. The molecule has 0 bridgehead atoms. The zero-order chi connectivity index (χ0) is 24.8. The molecule has 3 aromatic carbocycles. The van der Waals surface area contributed by atoms with Crippen molar-refractivity contribution in [2.24, 2.45) is 0 Å². The number of benzene rings is 3. The van der Waals surface area contributed by atoms with Crippen molar-refractivity contribution >= 4 is 34.6 Å². The van der Waals surface area contributed by atoms with E-state index in [-0.39, 0.29) is 12.6 Å². The van der Waals surface area contributed by atoms with Crippen LogP contribution in [0.25, 0.3) is 4.85 Å². The summed E-state index contributed by atoms with van der Waals surface area (Å²) in [6, 6.07) is 21.7. The van der Waals surface area contributed by atoms with Crippen LogP contribution in [0.2, 0.25) is 10.0 Å². The lowest BCUT2D eigenvalue weighted by molar-refractivity contribution is 0.123. The van der Waals surface area contributed by atoms with Crippen molar-refractivity contribution in [3.05, 3.63) is 99.3 Å². The zero-order valence-corrected chi connectivity index (χ0v) is 21.2. The molecule has 2 atom stereocenters. The van der Waals surface area contributed by atoms with Gasteiger partial charge in [-0.15, -0.1) is 0 Å². The Balaban J connectivity index is 1.51. The molecule has 4 rings (SSSR count). The van der Waals surface area contributed by atoms with Crippen LogP contribution in [-0.2, 0) is 6.42 Å². The molecular weight excluding hydrogens is 481 g/mol. The van der Waals surface area contributed by atoms with E-state index in [2.05, 4.69) is 26.8 Å². The van der Waals surface area contributed by atoms with E-state index in [9.17, 15) is 5.11 Å². The van der Waals surface area contributed by atoms with Gasteiger partial charge in [-0.3, -0.25) is 4.90 Å². The van der Waals surface area contributed by atoms with Gasteiger partial charge < -0.3 is 14.7 Å². The van der Waals surface area contributed by atoms with E-state index in [1.54, 1.807) is 6.92 Å². The van der Waals surface area contributed by atoms with Gasteiger partial charge in [0.05, 0.1) is 29.4 Å². The van der Waals surface area contributed by atoms with Gasteiger partial charge in [-0.2, -0.15) is 0 Å². The van der Waals surface area contributed by atoms with Crippen LogP contribution in [0, 0.1) is 6.57 Å². The number of halogens is 2. The van der Waals surface area contributed by atoms with E-state index < -0.39 is 6.10 Å². The predicted octanol–water partition coefficient (Wildman–Crippen LogP) is 6.41. The van der Waals surface area contributed by atoms with Gasteiger partial charge in [0.15, 0.2) is 5.69 Å². The Morgan fingerprint density at radius 3 is 2.46 bits per heavy atom. The summed E-state index contributed by atoms with van der Waals surface area (Å²) in [4.78, 5) is 8.30. The number of piperazine rings is 1. The molecule has 1 fully saturated rings. The minimum atomic E-state index is -0.540. The van der Waals surface area contributed by atoms with Crippen molar-refractivity contribution in [2.45, 2.75) is 25.5 Å². The van der Waals surface area contributed by atoms with Gasteiger partial charge in [-0.25, -0.2) is 4.85 Å². The first kappa shape index (κ1) is 25.3.